The van der Waals surface area contributed by atoms with Gasteiger partial charge in [0, 0.05) is 26.2 Å². The molecule has 6 nitrogen and oxygen atoms in total. The molecule has 1 heterocycles. The van der Waals surface area contributed by atoms with Gasteiger partial charge in [0.15, 0.2) is 0 Å². The first kappa shape index (κ1) is 16.9. The third-order valence-electron chi connectivity index (χ3n) is 3.56. The lowest BCUT2D eigenvalue weighted by atomic mass is 10.2. The number of sulfonamides is 1. The Morgan fingerprint density at radius 2 is 1.91 bits per heavy atom. The fraction of sp³-hybridized carbons (Fsp3) is 0.500. The van der Waals surface area contributed by atoms with Crippen LogP contribution in [-0.4, -0.2) is 51.4 Å². The Morgan fingerprint density at radius 1 is 1.32 bits per heavy atom. The van der Waals surface area contributed by atoms with Crippen LogP contribution in [0.1, 0.15) is 13.3 Å². The van der Waals surface area contributed by atoms with Gasteiger partial charge in [-0.2, -0.15) is 4.72 Å². The minimum atomic E-state index is -3.85. The van der Waals surface area contributed by atoms with E-state index in [1.54, 1.807) is 11.8 Å². The highest BCUT2D eigenvalue weighted by atomic mass is 32.2. The summed E-state index contributed by atoms with van der Waals surface area (Å²) in [6, 6.07) is 3.70. The van der Waals surface area contributed by atoms with Crippen LogP contribution in [0.3, 0.4) is 0 Å². The molecule has 22 heavy (non-hydrogen) atoms. The highest BCUT2D eigenvalue weighted by Gasteiger charge is 2.28. The number of nitrogens with zero attached hydrogens (tertiary/aromatic N) is 1. The Bertz CT molecular complexity index is 613. The van der Waals surface area contributed by atoms with E-state index >= 15 is 0 Å². The van der Waals surface area contributed by atoms with Crippen molar-refractivity contribution in [1.82, 2.24) is 14.9 Å². The van der Waals surface area contributed by atoms with Crippen molar-refractivity contribution in [3.8, 4) is 0 Å². The lowest BCUT2D eigenvalue weighted by molar-refractivity contribution is -0.133. The molecule has 2 N–H and O–H groups in total. The number of rotatable bonds is 5. The molecule has 1 aromatic carbocycles. The van der Waals surface area contributed by atoms with E-state index in [1.165, 1.54) is 12.1 Å². The third-order valence-corrected chi connectivity index (χ3v) is 5.04. The third kappa shape index (κ3) is 4.02. The summed E-state index contributed by atoms with van der Waals surface area (Å²) in [7, 11) is -3.85. The lowest BCUT2D eigenvalue weighted by Gasteiger charge is -2.30. The fourth-order valence-electron chi connectivity index (χ4n) is 2.28. The van der Waals surface area contributed by atoms with Crippen molar-refractivity contribution in [2.24, 2.45) is 0 Å². The number of halogens is 1. The molecular formula is C14H20FN3O3S. The summed E-state index contributed by atoms with van der Waals surface area (Å²) in [5, 5.41) is 3.14. The van der Waals surface area contributed by atoms with Gasteiger partial charge >= 0.3 is 0 Å². The molecule has 1 fully saturated rings. The molecule has 0 spiro atoms. The molecule has 0 bridgehead atoms. The van der Waals surface area contributed by atoms with Crippen molar-refractivity contribution >= 4 is 15.9 Å². The Labute approximate surface area is 129 Å². The van der Waals surface area contributed by atoms with Gasteiger partial charge in [0.2, 0.25) is 15.9 Å². The monoisotopic (exact) mass is 329 g/mol. The van der Waals surface area contributed by atoms with E-state index in [0.29, 0.717) is 32.6 Å². The van der Waals surface area contributed by atoms with E-state index < -0.39 is 21.9 Å². The van der Waals surface area contributed by atoms with Gasteiger partial charge in [0.1, 0.15) is 11.9 Å². The van der Waals surface area contributed by atoms with E-state index in [-0.39, 0.29) is 10.8 Å². The van der Waals surface area contributed by atoms with Crippen LogP contribution < -0.4 is 10.0 Å². The zero-order valence-corrected chi connectivity index (χ0v) is 13.2. The molecule has 0 radical (unpaired) electrons. The minimum Gasteiger partial charge on any atom is -0.339 e. The Balaban J connectivity index is 2.11. The van der Waals surface area contributed by atoms with Crippen molar-refractivity contribution < 1.29 is 17.6 Å². The molecule has 0 saturated carbocycles. The second-order valence-electron chi connectivity index (χ2n) is 5.11. The first-order valence-corrected chi connectivity index (χ1v) is 8.70. The number of hydrogen-bond acceptors (Lipinski definition) is 4. The van der Waals surface area contributed by atoms with Gasteiger partial charge in [0.05, 0.1) is 4.90 Å². The Hall–Kier alpha value is -1.51. The maximum atomic E-state index is 12.9. The van der Waals surface area contributed by atoms with Crippen LogP contribution in [-0.2, 0) is 14.8 Å². The van der Waals surface area contributed by atoms with Gasteiger partial charge in [-0.3, -0.25) is 4.79 Å². The Kier molecular flexibility index (Phi) is 5.49. The molecular weight excluding hydrogens is 309 g/mol. The van der Waals surface area contributed by atoms with Crippen molar-refractivity contribution in [2.45, 2.75) is 24.3 Å². The summed E-state index contributed by atoms with van der Waals surface area (Å²) in [6.07, 6.45) is 0.350. The summed E-state index contributed by atoms with van der Waals surface area (Å²) in [6.45, 7) is 4.28. The van der Waals surface area contributed by atoms with Crippen LogP contribution in [0.2, 0.25) is 0 Å². The van der Waals surface area contributed by atoms with Crippen LogP contribution >= 0.6 is 0 Å². The number of carbonyl (C=O) groups excluding carboxylic acids is 1. The van der Waals surface area contributed by atoms with Crippen LogP contribution in [0.4, 0.5) is 4.39 Å². The molecule has 8 heteroatoms. The molecule has 1 unspecified atom stereocenters. The van der Waals surface area contributed by atoms with E-state index in [0.717, 1.165) is 12.1 Å². The normalized spacial score (nSPS) is 17.3. The van der Waals surface area contributed by atoms with Crippen LogP contribution in [0, 0.1) is 5.82 Å². The van der Waals surface area contributed by atoms with Crippen molar-refractivity contribution in [1.29, 1.82) is 0 Å². The first-order chi connectivity index (χ1) is 10.4. The van der Waals surface area contributed by atoms with E-state index in [4.69, 9.17) is 0 Å². The second-order valence-corrected chi connectivity index (χ2v) is 6.83. The average molecular weight is 329 g/mol. The lowest BCUT2D eigenvalue weighted by Crippen LogP contribution is -2.53. The van der Waals surface area contributed by atoms with Gasteiger partial charge in [-0.05, 0) is 30.7 Å². The van der Waals surface area contributed by atoms with Gasteiger partial charge in [0.25, 0.3) is 0 Å². The van der Waals surface area contributed by atoms with Crippen LogP contribution in [0.25, 0.3) is 0 Å². The smallest absolute Gasteiger partial charge is 0.241 e. The highest BCUT2D eigenvalue weighted by Crippen LogP contribution is 2.12. The average Bonchev–Trinajstić information content (AvgIpc) is 2.53. The molecule has 0 aliphatic carbocycles. The summed E-state index contributed by atoms with van der Waals surface area (Å²) < 4.78 is 39.9. The number of benzene rings is 1. The topological polar surface area (TPSA) is 78.5 Å². The molecule has 122 valence electrons. The van der Waals surface area contributed by atoms with E-state index in [2.05, 4.69) is 10.0 Å². The van der Waals surface area contributed by atoms with Gasteiger partial charge in [-0.25, -0.2) is 12.8 Å². The number of amides is 1. The largest absolute Gasteiger partial charge is 0.339 e. The highest BCUT2D eigenvalue weighted by molar-refractivity contribution is 7.89. The first-order valence-electron chi connectivity index (χ1n) is 7.21. The molecule has 0 aromatic heterocycles. The van der Waals surface area contributed by atoms with Crippen molar-refractivity contribution in [3.63, 3.8) is 0 Å². The summed E-state index contributed by atoms with van der Waals surface area (Å²) >= 11 is 0. The zero-order chi connectivity index (χ0) is 16.2. The quantitative estimate of drug-likeness (QED) is 0.815. The van der Waals surface area contributed by atoms with Crippen molar-refractivity contribution in [3.05, 3.63) is 30.1 Å². The number of hydrogen-bond donors (Lipinski definition) is 2. The fourth-order valence-corrected chi connectivity index (χ4v) is 3.56. The van der Waals surface area contributed by atoms with Gasteiger partial charge in [-0.1, -0.05) is 6.92 Å². The predicted molar refractivity (Wildman–Crippen MR) is 80.3 cm³/mol. The predicted octanol–water partition coefficient (Wildman–Crippen LogP) is 0.314. The Morgan fingerprint density at radius 3 is 2.45 bits per heavy atom. The van der Waals surface area contributed by atoms with Gasteiger partial charge in [-0.15, -0.1) is 0 Å². The number of piperazine rings is 1. The number of carbonyl (C=O) groups is 1. The van der Waals surface area contributed by atoms with Gasteiger partial charge < -0.3 is 10.2 Å². The number of nitrogens with one attached hydrogen (secondary N) is 2. The summed E-state index contributed by atoms with van der Waals surface area (Å²) in [4.78, 5) is 14.0. The molecule has 1 aliphatic rings. The molecule has 1 aliphatic heterocycles. The molecule has 1 atom stereocenters. The molecule has 1 amide bonds. The molecule has 1 saturated heterocycles. The van der Waals surface area contributed by atoms with E-state index in [1.807, 2.05) is 0 Å². The summed E-state index contributed by atoms with van der Waals surface area (Å²) in [5.41, 5.74) is 0. The van der Waals surface area contributed by atoms with E-state index in [9.17, 15) is 17.6 Å². The maximum absolute atomic E-state index is 12.9. The molecule has 2 rings (SSSR count). The standard InChI is InChI=1S/C14H20FN3O3S/c1-2-13(14(19)18-9-7-16-8-10-18)17-22(20,21)12-5-3-11(15)4-6-12/h3-6,13,16-17H,2,7-10H2,1H3. The minimum absolute atomic E-state index is 0.0551. The molecule has 1 aromatic rings. The van der Waals surface area contributed by atoms with Crippen LogP contribution in [0.15, 0.2) is 29.2 Å². The SMILES string of the molecule is CCC(NS(=O)(=O)c1ccc(F)cc1)C(=O)N1CCNCC1. The van der Waals surface area contributed by atoms with Crippen LogP contribution in [0.5, 0.6) is 0 Å². The van der Waals surface area contributed by atoms with Crippen molar-refractivity contribution in [2.75, 3.05) is 26.2 Å². The summed E-state index contributed by atoms with van der Waals surface area (Å²) in [5.74, 6) is -0.738. The second kappa shape index (κ2) is 7.17. The maximum Gasteiger partial charge on any atom is 0.241 e. The zero-order valence-electron chi connectivity index (χ0n) is 12.4.